The number of hydrogen-bond acceptors (Lipinski definition) is 5. The van der Waals surface area contributed by atoms with Crippen molar-refractivity contribution >= 4 is 28.9 Å². The van der Waals surface area contributed by atoms with Crippen LogP contribution >= 0.6 is 11.6 Å². The van der Waals surface area contributed by atoms with Gasteiger partial charge in [-0.3, -0.25) is 9.78 Å². The van der Waals surface area contributed by atoms with E-state index in [4.69, 9.17) is 17.3 Å². The zero-order valence-electron chi connectivity index (χ0n) is 14.7. The highest BCUT2D eigenvalue weighted by molar-refractivity contribution is 6.33. The lowest BCUT2D eigenvalue weighted by Gasteiger charge is -2.11. The number of carbonyl (C=O) groups excluding carboxylic acids is 1. The van der Waals surface area contributed by atoms with Crippen LogP contribution in [0.2, 0.25) is 5.02 Å². The number of halogens is 2. The van der Waals surface area contributed by atoms with Gasteiger partial charge in [-0.25, -0.2) is 9.37 Å². The molecule has 5 nitrogen and oxygen atoms in total. The summed E-state index contributed by atoms with van der Waals surface area (Å²) in [6, 6.07) is 9.77. The average Bonchev–Trinajstić information content (AvgIpc) is 2.63. The molecule has 0 aliphatic heterocycles. The molecule has 0 amide bonds. The smallest absolute Gasteiger partial charge is 0.187 e. The van der Waals surface area contributed by atoms with E-state index in [1.54, 1.807) is 42.7 Å². The number of Topliss-reactive ketones (excluding diaryl/α,β-unsaturated/α-hetero) is 1. The van der Waals surface area contributed by atoms with Crippen LogP contribution in [0.25, 0.3) is 0 Å². The second-order valence-corrected chi connectivity index (χ2v) is 6.57. The molecule has 0 atom stereocenters. The summed E-state index contributed by atoms with van der Waals surface area (Å²) in [7, 11) is 0. The molecule has 3 rings (SSSR count). The Morgan fingerprint density at radius 2 is 2.07 bits per heavy atom. The summed E-state index contributed by atoms with van der Waals surface area (Å²) in [6.07, 6.45) is 3.26. The zero-order chi connectivity index (χ0) is 19.4. The topological polar surface area (TPSA) is 80.9 Å². The van der Waals surface area contributed by atoms with Gasteiger partial charge in [0.1, 0.15) is 17.3 Å². The van der Waals surface area contributed by atoms with Crippen LogP contribution in [0, 0.1) is 12.7 Å². The van der Waals surface area contributed by atoms with Crippen molar-refractivity contribution in [3.63, 3.8) is 0 Å². The number of ketones is 1. The summed E-state index contributed by atoms with van der Waals surface area (Å²) in [5.74, 6) is -0.251. The molecule has 2 aromatic heterocycles. The SMILES string of the molecule is Cc1cnc(C(=O)Cc2ccc(F)c(CNc3cccnc3N)c2)c(Cl)c1. The van der Waals surface area contributed by atoms with Crippen LogP contribution in [-0.4, -0.2) is 15.8 Å². The average molecular weight is 385 g/mol. The Morgan fingerprint density at radius 3 is 2.81 bits per heavy atom. The molecule has 0 aliphatic rings. The van der Waals surface area contributed by atoms with Crippen molar-refractivity contribution in [1.29, 1.82) is 0 Å². The van der Waals surface area contributed by atoms with E-state index in [2.05, 4.69) is 15.3 Å². The Balaban J connectivity index is 1.74. The summed E-state index contributed by atoms with van der Waals surface area (Å²) >= 11 is 6.11. The van der Waals surface area contributed by atoms with Crippen molar-refractivity contribution in [2.45, 2.75) is 19.9 Å². The lowest BCUT2D eigenvalue weighted by molar-refractivity contribution is 0.0988. The third-order valence-corrected chi connectivity index (χ3v) is 4.31. The van der Waals surface area contributed by atoms with Crippen LogP contribution in [0.3, 0.4) is 0 Å². The van der Waals surface area contributed by atoms with E-state index in [9.17, 15) is 9.18 Å². The van der Waals surface area contributed by atoms with Gasteiger partial charge < -0.3 is 11.1 Å². The molecule has 0 unspecified atom stereocenters. The minimum Gasteiger partial charge on any atom is -0.382 e. The quantitative estimate of drug-likeness (QED) is 0.622. The number of carbonyl (C=O) groups is 1. The number of nitrogens with one attached hydrogen (secondary N) is 1. The minimum atomic E-state index is -0.368. The molecule has 0 aliphatic carbocycles. The molecule has 1 aromatic carbocycles. The van der Waals surface area contributed by atoms with Gasteiger partial charge in [0.05, 0.1) is 10.7 Å². The van der Waals surface area contributed by atoms with Crippen molar-refractivity contribution in [3.05, 3.63) is 82.0 Å². The number of aromatic nitrogens is 2. The van der Waals surface area contributed by atoms with E-state index in [1.807, 2.05) is 6.92 Å². The first-order valence-corrected chi connectivity index (χ1v) is 8.69. The molecule has 0 saturated heterocycles. The number of anilines is 2. The number of pyridine rings is 2. The second kappa shape index (κ2) is 8.14. The first-order valence-electron chi connectivity index (χ1n) is 8.31. The molecule has 3 aromatic rings. The molecule has 7 heteroatoms. The van der Waals surface area contributed by atoms with E-state index in [0.717, 1.165) is 5.56 Å². The lowest BCUT2D eigenvalue weighted by atomic mass is 10.0. The Kier molecular flexibility index (Phi) is 5.66. The van der Waals surface area contributed by atoms with Crippen LogP contribution in [-0.2, 0) is 13.0 Å². The molecule has 0 spiro atoms. The van der Waals surface area contributed by atoms with Gasteiger partial charge in [0.2, 0.25) is 0 Å². The molecule has 2 heterocycles. The van der Waals surface area contributed by atoms with Crippen molar-refractivity contribution in [1.82, 2.24) is 9.97 Å². The number of rotatable bonds is 6. The molecular weight excluding hydrogens is 367 g/mol. The predicted octanol–water partition coefficient (Wildman–Crippen LogP) is 4.20. The number of nitrogen functional groups attached to an aromatic ring is 1. The highest BCUT2D eigenvalue weighted by Crippen LogP contribution is 2.20. The molecule has 27 heavy (non-hydrogen) atoms. The van der Waals surface area contributed by atoms with E-state index in [1.165, 1.54) is 6.07 Å². The van der Waals surface area contributed by atoms with E-state index >= 15 is 0 Å². The fourth-order valence-corrected chi connectivity index (χ4v) is 2.97. The predicted molar refractivity (Wildman–Crippen MR) is 104 cm³/mol. The number of hydrogen-bond donors (Lipinski definition) is 2. The Labute approximate surface area is 161 Å². The number of benzene rings is 1. The molecule has 0 bridgehead atoms. The van der Waals surface area contributed by atoms with Crippen molar-refractivity contribution in [2.24, 2.45) is 0 Å². The molecule has 0 fully saturated rings. The van der Waals surface area contributed by atoms with Crippen molar-refractivity contribution in [3.8, 4) is 0 Å². The van der Waals surface area contributed by atoms with Gasteiger partial charge >= 0.3 is 0 Å². The number of aryl methyl sites for hydroxylation is 1. The Hall–Kier alpha value is -2.99. The fraction of sp³-hybridized carbons (Fsp3) is 0.150. The standard InChI is InChI=1S/C20H18ClFN4O/c1-12-7-15(21)19(26-10-12)18(27)9-13-4-5-16(22)14(8-13)11-25-17-3-2-6-24-20(17)23/h2-8,10,25H,9,11H2,1H3,(H2,23,24). The molecule has 0 radical (unpaired) electrons. The largest absolute Gasteiger partial charge is 0.382 e. The third kappa shape index (κ3) is 4.60. The van der Waals surface area contributed by atoms with Gasteiger partial charge in [-0.1, -0.05) is 23.7 Å². The van der Waals surface area contributed by atoms with Crippen LogP contribution in [0.15, 0.2) is 48.8 Å². The van der Waals surface area contributed by atoms with Crippen LogP contribution in [0.1, 0.15) is 27.2 Å². The van der Waals surface area contributed by atoms with Gasteiger partial charge in [-0.2, -0.15) is 0 Å². The normalized spacial score (nSPS) is 10.6. The summed E-state index contributed by atoms with van der Waals surface area (Å²) < 4.78 is 14.1. The van der Waals surface area contributed by atoms with Gasteiger partial charge in [-0.05, 0) is 42.3 Å². The van der Waals surface area contributed by atoms with Gasteiger partial charge in [0.25, 0.3) is 0 Å². The number of nitrogens with two attached hydrogens (primary N) is 1. The highest BCUT2D eigenvalue weighted by Gasteiger charge is 2.14. The van der Waals surface area contributed by atoms with Gasteiger partial charge in [-0.15, -0.1) is 0 Å². The van der Waals surface area contributed by atoms with Crippen molar-refractivity contribution < 1.29 is 9.18 Å². The molecule has 3 N–H and O–H groups in total. The molecular formula is C20H18ClFN4O. The highest BCUT2D eigenvalue weighted by atomic mass is 35.5. The summed E-state index contributed by atoms with van der Waals surface area (Å²) in [4.78, 5) is 20.6. The number of nitrogens with zero attached hydrogens (tertiary/aromatic N) is 2. The lowest BCUT2D eigenvalue weighted by Crippen LogP contribution is -2.09. The Morgan fingerprint density at radius 1 is 1.26 bits per heavy atom. The summed E-state index contributed by atoms with van der Waals surface area (Å²) in [5, 5.41) is 3.37. The molecule has 0 saturated carbocycles. The van der Waals surface area contributed by atoms with E-state index in [-0.39, 0.29) is 30.3 Å². The van der Waals surface area contributed by atoms with E-state index < -0.39 is 0 Å². The summed E-state index contributed by atoms with van der Waals surface area (Å²) in [6.45, 7) is 2.06. The maximum atomic E-state index is 14.1. The van der Waals surface area contributed by atoms with Crippen LogP contribution in [0.4, 0.5) is 15.9 Å². The molecule has 138 valence electrons. The van der Waals surface area contributed by atoms with Gasteiger partial charge in [0, 0.05) is 30.9 Å². The maximum absolute atomic E-state index is 14.1. The zero-order valence-corrected chi connectivity index (χ0v) is 15.4. The Bertz CT molecular complexity index is 993. The second-order valence-electron chi connectivity index (χ2n) is 6.16. The van der Waals surface area contributed by atoms with Crippen molar-refractivity contribution in [2.75, 3.05) is 11.1 Å². The van der Waals surface area contributed by atoms with Gasteiger partial charge in [0.15, 0.2) is 5.78 Å². The van der Waals surface area contributed by atoms with Crippen LogP contribution < -0.4 is 11.1 Å². The first-order chi connectivity index (χ1) is 12.9. The van der Waals surface area contributed by atoms with E-state index in [0.29, 0.717) is 27.7 Å². The van der Waals surface area contributed by atoms with Crippen LogP contribution in [0.5, 0.6) is 0 Å². The first kappa shape index (κ1) is 18.8. The fourth-order valence-electron chi connectivity index (χ4n) is 2.64. The maximum Gasteiger partial charge on any atom is 0.187 e. The minimum absolute atomic E-state index is 0.0814. The third-order valence-electron chi connectivity index (χ3n) is 4.02. The monoisotopic (exact) mass is 384 g/mol. The summed E-state index contributed by atoms with van der Waals surface area (Å²) in [5.41, 5.74) is 8.59.